The van der Waals surface area contributed by atoms with Gasteiger partial charge in [0, 0.05) is 13.1 Å². The van der Waals surface area contributed by atoms with Crippen LogP contribution in [0.2, 0.25) is 0 Å². The van der Waals surface area contributed by atoms with Gasteiger partial charge in [-0.1, -0.05) is 0 Å². The van der Waals surface area contributed by atoms with Gasteiger partial charge in [-0.05, 0) is 0 Å². The molecule has 0 aliphatic rings. The Hall–Kier alpha value is -2.21. The molecule has 0 aliphatic carbocycles. The summed E-state index contributed by atoms with van der Waals surface area (Å²) in [6.07, 6.45) is 3.57. The van der Waals surface area contributed by atoms with Crippen LogP contribution in [0.25, 0.3) is 0 Å². The largest absolute Gasteiger partial charge is 0.339 e. The number of hydrogen-bond donors (Lipinski definition) is 0. The van der Waals surface area contributed by atoms with Gasteiger partial charge in [-0.25, -0.2) is 15.0 Å². The molecule has 0 spiro atoms. The van der Waals surface area contributed by atoms with Crippen molar-refractivity contribution in [3.8, 4) is 12.1 Å². The van der Waals surface area contributed by atoms with E-state index in [9.17, 15) is 0 Å². The van der Waals surface area contributed by atoms with E-state index in [0.717, 1.165) is 0 Å². The van der Waals surface area contributed by atoms with Crippen LogP contribution in [0, 0.1) is 22.7 Å². The van der Waals surface area contributed by atoms with Crippen LogP contribution >= 0.6 is 0 Å². The number of aromatic nitrogens is 3. The lowest BCUT2D eigenvalue weighted by molar-refractivity contribution is 0.759. The molecule has 0 aromatic carbocycles. The molecule has 1 aromatic rings. The average Bonchev–Trinajstić information content (AvgIpc) is 2.30. The molecule has 0 atom stereocenters. The normalized spacial score (nSPS) is 8.93. The standard InChI is InChI=1S/C9H10N6/c10-3-1-5-15(6-2-4-11)9-13-7-12-8-14-9/h7-8H,1-2,5-6H2. The molecule has 15 heavy (non-hydrogen) atoms. The Morgan fingerprint density at radius 2 is 1.60 bits per heavy atom. The summed E-state index contributed by atoms with van der Waals surface area (Å²) in [5.41, 5.74) is 0. The molecule has 0 saturated heterocycles. The van der Waals surface area contributed by atoms with Crippen molar-refractivity contribution in [2.75, 3.05) is 18.0 Å². The zero-order chi connectivity index (χ0) is 10.9. The molecule has 1 heterocycles. The molecule has 0 fully saturated rings. The Bertz CT molecular complexity index is 344. The van der Waals surface area contributed by atoms with Gasteiger partial charge in [0.05, 0.1) is 25.0 Å². The van der Waals surface area contributed by atoms with E-state index in [-0.39, 0.29) is 0 Å². The fourth-order valence-corrected chi connectivity index (χ4v) is 1.08. The van der Waals surface area contributed by atoms with Crippen LogP contribution in [0.15, 0.2) is 12.7 Å². The lowest BCUT2D eigenvalue weighted by atomic mass is 10.3. The predicted molar refractivity (Wildman–Crippen MR) is 52.5 cm³/mol. The lowest BCUT2D eigenvalue weighted by Crippen LogP contribution is -2.27. The zero-order valence-electron chi connectivity index (χ0n) is 8.17. The summed E-state index contributed by atoms with van der Waals surface area (Å²) in [4.78, 5) is 13.4. The Labute approximate surface area is 87.8 Å². The van der Waals surface area contributed by atoms with E-state index < -0.39 is 0 Å². The molecule has 1 rings (SSSR count). The summed E-state index contributed by atoms with van der Waals surface area (Å²) in [5.74, 6) is 0.510. The van der Waals surface area contributed by atoms with Crippen LogP contribution in [-0.4, -0.2) is 28.0 Å². The summed E-state index contributed by atoms with van der Waals surface area (Å²) in [6, 6.07) is 4.10. The van der Waals surface area contributed by atoms with E-state index in [0.29, 0.717) is 31.9 Å². The smallest absolute Gasteiger partial charge is 0.228 e. The van der Waals surface area contributed by atoms with E-state index in [4.69, 9.17) is 10.5 Å². The van der Waals surface area contributed by atoms with Crippen molar-refractivity contribution in [2.24, 2.45) is 0 Å². The van der Waals surface area contributed by atoms with Crippen molar-refractivity contribution in [1.29, 1.82) is 10.5 Å². The predicted octanol–water partition coefficient (Wildman–Crippen LogP) is 0.505. The van der Waals surface area contributed by atoms with Gasteiger partial charge in [0.15, 0.2) is 0 Å². The van der Waals surface area contributed by atoms with E-state index in [2.05, 4.69) is 15.0 Å². The Balaban J connectivity index is 2.64. The fourth-order valence-electron chi connectivity index (χ4n) is 1.08. The SMILES string of the molecule is N#CCCN(CCC#N)c1ncncn1. The van der Waals surface area contributed by atoms with Crippen molar-refractivity contribution < 1.29 is 0 Å². The number of anilines is 1. The summed E-state index contributed by atoms with van der Waals surface area (Å²) in [6.45, 7) is 1.06. The molecule has 0 radical (unpaired) electrons. The first-order valence-corrected chi connectivity index (χ1v) is 4.49. The highest BCUT2D eigenvalue weighted by atomic mass is 15.3. The minimum Gasteiger partial charge on any atom is -0.339 e. The van der Waals surface area contributed by atoms with Gasteiger partial charge in [0.1, 0.15) is 12.7 Å². The van der Waals surface area contributed by atoms with Gasteiger partial charge in [-0.3, -0.25) is 0 Å². The van der Waals surface area contributed by atoms with Crippen LogP contribution in [0.4, 0.5) is 5.95 Å². The Morgan fingerprint density at radius 1 is 1.07 bits per heavy atom. The Kier molecular flexibility index (Phi) is 4.55. The quantitative estimate of drug-likeness (QED) is 0.690. The third-order valence-corrected chi connectivity index (χ3v) is 1.75. The van der Waals surface area contributed by atoms with Crippen molar-refractivity contribution in [3.05, 3.63) is 12.7 Å². The molecular formula is C9H10N6. The number of rotatable bonds is 5. The second kappa shape index (κ2) is 6.28. The van der Waals surface area contributed by atoms with E-state index >= 15 is 0 Å². The minimum absolute atomic E-state index is 0.386. The molecule has 0 unspecified atom stereocenters. The van der Waals surface area contributed by atoms with E-state index in [1.807, 2.05) is 12.1 Å². The molecule has 6 heteroatoms. The molecule has 76 valence electrons. The molecule has 1 aromatic heterocycles. The van der Waals surface area contributed by atoms with Gasteiger partial charge in [0.2, 0.25) is 5.95 Å². The highest BCUT2D eigenvalue weighted by molar-refractivity contribution is 5.27. The molecular weight excluding hydrogens is 192 g/mol. The number of nitrogens with zero attached hydrogens (tertiary/aromatic N) is 6. The first-order chi connectivity index (χ1) is 7.38. The first kappa shape index (κ1) is 10.9. The van der Waals surface area contributed by atoms with Crippen LogP contribution < -0.4 is 4.90 Å². The maximum atomic E-state index is 8.49. The second-order valence-corrected chi connectivity index (χ2v) is 2.74. The van der Waals surface area contributed by atoms with E-state index in [1.165, 1.54) is 12.7 Å². The van der Waals surface area contributed by atoms with Crippen molar-refractivity contribution in [2.45, 2.75) is 12.8 Å². The number of hydrogen-bond acceptors (Lipinski definition) is 6. The average molecular weight is 202 g/mol. The summed E-state index contributed by atoms with van der Waals surface area (Å²) >= 11 is 0. The summed E-state index contributed by atoms with van der Waals surface area (Å²) in [7, 11) is 0. The summed E-state index contributed by atoms with van der Waals surface area (Å²) in [5, 5.41) is 17.0. The Morgan fingerprint density at radius 3 is 2.07 bits per heavy atom. The number of nitriles is 2. The van der Waals surface area contributed by atoms with Crippen LogP contribution in [0.1, 0.15) is 12.8 Å². The first-order valence-electron chi connectivity index (χ1n) is 4.49. The molecule has 6 nitrogen and oxygen atoms in total. The van der Waals surface area contributed by atoms with Crippen LogP contribution in [0.5, 0.6) is 0 Å². The molecule has 0 N–H and O–H groups in total. The highest BCUT2D eigenvalue weighted by Gasteiger charge is 2.07. The third kappa shape index (κ3) is 3.57. The zero-order valence-corrected chi connectivity index (χ0v) is 8.17. The van der Waals surface area contributed by atoms with Crippen molar-refractivity contribution in [1.82, 2.24) is 15.0 Å². The summed E-state index contributed by atoms with van der Waals surface area (Å²) < 4.78 is 0. The molecule has 0 bridgehead atoms. The van der Waals surface area contributed by atoms with Gasteiger partial charge in [0.25, 0.3) is 0 Å². The van der Waals surface area contributed by atoms with Crippen LogP contribution in [0.3, 0.4) is 0 Å². The van der Waals surface area contributed by atoms with Gasteiger partial charge in [-0.2, -0.15) is 10.5 Å². The topological polar surface area (TPSA) is 89.5 Å². The van der Waals surface area contributed by atoms with Gasteiger partial charge in [-0.15, -0.1) is 0 Å². The fraction of sp³-hybridized carbons (Fsp3) is 0.444. The minimum atomic E-state index is 0.386. The second-order valence-electron chi connectivity index (χ2n) is 2.74. The molecule has 0 aliphatic heterocycles. The maximum Gasteiger partial charge on any atom is 0.228 e. The maximum absolute atomic E-state index is 8.49. The van der Waals surface area contributed by atoms with Crippen molar-refractivity contribution in [3.63, 3.8) is 0 Å². The van der Waals surface area contributed by atoms with Crippen molar-refractivity contribution >= 4 is 5.95 Å². The lowest BCUT2D eigenvalue weighted by Gasteiger charge is -2.19. The van der Waals surface area contributed by atoms with Gasteiger partial charge < -0.3 is 4.90 Å². The highest BCUT2D eigenvalue weighted by Crippen LogP contribution is 2.05. The van der Waals surface area contributed by atoms with Gasteiger partial charge >= 0.3 is 0 Å². The molecule has 0 amide bonds. The molecule has 0 saturated carbocycles. The van der Waals surface area contributed by atoms with E-state index in [1.54, 1.807) is 4.90 Å². The third-order valence-electron chi connectivity index (χ3n) is 1.75. The monoisotopic (exact) mass is 202 g/mol. The van der Waals surface area contributed by atoms with Crippen LogP contribution in [-0.2, 0) is 0 Å².